The molecule has 19 heavy (non-hydrogen) atoms. The maximum atomic E-state index is 13.5. The highest BCUT2D eigenvalue weighted by Crippen LogP contribution is 2.27. The molecule has 0 saturated carbocycles. The Morgan fingerprint density at radius 1 is 1.11 bits per heavy atom. The zero-order valence-corrected chi connectivity index (χ0v) is 9.65. The van der Waals surface area contributed by atoms with E-state index in [9.17, 15) is 8.78 Å². The average Bonchev–Trinajstić information content (AvgIpc) is 2.79. The first-order valence-corrected chi connectivity index (χ1v) is 5.51. The fourth-order valence-corrected chi connectivity index (χ4v) is 1.74. The number of rotatable bonds is 2. The number of nitrogens with two attached hydrogens (primary N) is 1. The first kappa shape index (κ1) is 11.5. The molecule has 0 atom stereocenters. The predicted molar refractivity (Wildman–Crippen MR) is 68.1 cm³/mol. The first-order chi connectivity index (χ1) is 9.15. The smallest absolute Gasteiger partial charge is 0.300 e. The van der Waals surface area contributed by atoms with Gasteiger partial charge in [-0.2, -0.15) is 4.98 Å². The van der Waals surface area contributed by atoms with Crippen LogP contribution in [-0.2, 0) is 0 Å². The van der Waals surface area contributed by atoms with Gasteiger partial charge in [-0.1, -0.05) is 12.1 Å². The molecular weight excluding hydrogens is 252 g/mol. The van der Waals surface area contributed by atoms with Gasteiger partial charge in [0.15, 0.2) is 17.2 Å². The standard InChI is InChI=1S/C13H9F2N3O/c14-7-3-1-5-9(11(7)15)17-13-18-12-8(16)4-2-6-10(12)19-13/h1-6H,16H2,(H,17,18). The average molecular weight is 261 g/mol. The SMILES string of the molecule is Nc1cccc2oc(Nc3cccc(F)c3F)nc12. The topological polar surface area (TPSA) is 64.1 Å². The van der Waals surface area contributed by atoms with Crippen LogP contribution in [0.25, 0.3) is 11.1 Å². The van der Waals surface area contributed by atoms with Gasteiger partial charge in [-0.25, -0.2) is 8.78 Å². The van der Waals surface area contributed by atoms with Gasteiger partial charge in [0, 0.05) is 0 Å². The molecule has 0 aliphatic carbocycles. The number of nitrogens with one attached hydrogen (secondary N) is 1. The van der Waals surface area contributed by atoms with Crippen molar-refractivity contribution in [3.8, 4) is 0 Å². The van der Waals surface area contributed by atoms with E-state index in [1.165, 1.54) is 12.1 Å². The van der Waals surface area contributed by atoms with Gasteiger partial charge < -0.3 is 15.5 Å². The number of nitrogens with zero attached hydrogens (tertiary/aromatic N) is 1. The summed E-state index contributed by atoms with van der Waals surface area (Å²) in [6.07, 6.45) is 0. The second-order valence-corrected chi connectivity index (χ2v) is 3.94. The lowest BCUT2D eigenvalue weighted by atomic mass is 10.3. The summed E-state index contributed by atoms with van der Waals surface area (Å²) in [6.45, 7) is 0. The third-order valence-corrected chi connectivity index (χ3v) is 2.64. The summed E-state index contributed by atoms with van der Waals surface area (Å²) >= 11 is 0. The van der Waals surface area contributed by atoms with Crippen molar-refractivity contribution in [2.75, 3.05) is 11.1 Å². The zero-order chi connectivity index (χ0) is 13.4. The maximum Gasteiger partial charge on any atom is 0.300 e. The second kappa shape index (κ2) is 4.24. The van der Waals surface area contributed by atoms with Crippen molar-refractivity contribution in [2.45, 2.75) is 0 Å². The summed E-state index contributed by atoms with van der Waals surface area (Å²) in [4.78, 5) is 4.09. The first-order valence-electron chi connectivity index (χ1n) is 5.51. The molecule has 0 amide bonds. The molecule has 4 nitrogen and oxygen atoms in total. The van der Waals surface area contributed by atoms with Crippen LogP contribution >= 0.6 is 0 Å². The van der Waals surface area contributed by atoms with Crippen molar-refractivity contribution in [2.24, 2.45) is 0 Å². The van der Waals surface area contributed by atoms with E-state index in [1.807, 2.05) is 0 Å². The van der Waals surface area contributed by atoms with E-state index in [4.69, 9.17) is 10.2 Å². The van der Waals surface area contributed by atoms with E-state index < -0.39 is 11.6 Å². The number of para-hydroxylation sites is 1. The van der Waals surface area contributed by atoms with Crippen LogP contribution in [0.3, 0.4) is 0 Å². The van der Waals surface area contributed by atoms with Crippen LogP contribution < -0.4 is 11.1 Å². The minimum atomic E-state index is -0.988. The van der Waals surface area contributed by atoms with Gasteiger partial charge in [0.05, 0.1) is 11.4 Å². The van der Waals surface area contributed by atoms with Crippen molar-refractivity contribution in [3.63, 3.8) is 0 Å². The highest BCUT2D eigenvalue weighted by Gasteiger charge is 2.12. The lowest BCUT2D eigenvalue weighted by Gasteiger charge is -2.02. The Morgan fingerprint density at radius 2 is 1.89 bits per heavy atom. The van der Waals surface area contributed by atoms with Crippen LogP contribution in [0.15, 0.2) is 40.8 Å². The number of aromatic nitrogens is 1. The number of hydrogen-bond acceptors (Lipinski definition) is 4. The van der Waals surface area contributed by atoms with Crippen molar-refractivity contribution in [1.82, 2.24) is 4.98 Å². The molecule has 0 fully saturated rings. The maximum absolute atomic E-state index is 13.5. The summed E-state index contributed by atoms with van der Waals surface area (Å²) in [6, 6.07) is 8.94. The van der Waals surface area contributed by atoms with Crippen molar-refractivity contribution >= 4 is 28.5 Å². The molecular formula is C13H9F2N3O. The zero-order valence-electron chi connectivity index (χ0n) is 9.65. The molecule has 0 aliphatic heterocycles. The summed E-state index contributed by atoms with van der Waals surface area (Å²) in [5.41, 5.74) is 7.08. The van der Waals surface area contributed by atoms with Gasteiger partial charge in [-0.3, -0.25) is 0 Å². The Bertz CT molecular complexity index is 755. The van der Waals surface area contributed by atoms with E-state index in [2.05, 4.69) is 10.3 Å². The Morgan fingerprint density at radius 3 is 2.68 bits per heavy atom. The molecule has 2 aromatic carbocycles. The number of nitrogen functional groups attached to an aromatic ring is 1. The van der Waals surface area contributed by atoms with Crippen molar-refractivity contribution < 1.29 is 13.2 Å². The minimum absolute atomic E-state index is 0.0508. The lowest BCUT2D eigenvalue weighted by Crippen LogP contribution is -1.96. The normalized spacial score (nSPS) is 10.8. The third kappa shape index (κ3) is 1.97. The molecule has 0 radical (unpaired) electrons. The van der Waals surface area contributed by atoms with Crippen molar-refractivity contribution in [1.29, 1.82) is 0 Å². The molecule has 6 heteroatoms. The van der Waals surface area contributed by atoms with Gasteiger partial charge in [0.2, 0.25) is 0 Å². The fraction of sp³-hybridized carbons (Fsp3) is 0. The van der Waals surface area contributed by atoms with Crippen LogP contribution in [0, 0.1) is 11.6 Å². The Balaban J connectivity index is 2.02. The molecule has 0 spiro atoms. The van der Waals surface area contributed by atoms with Crippen LogP contribution in [0.4, 0.5) is 26.2 Å². The van der Waals surface area contributed by atoms with Crippen LogP contribution in [0.5, 0.6) is 0 Å². The van der Waals surface area contributed by atoms with E-state index in [-0.39, 0.29) is 11.7 Å². The van der Waals surface area contributed by atoms with Crippen molar-refractivity contribution in [3.05, 3.63) is 48.0 Å². The molecule has 1 aromatic heterocycles. The highest BCUT2D eigenvalue weighted by molar-refractivity contribution is 5.86. The molecule has 0 aliphatic rings. The molecule has 3 rings (SSSR count). The van der Waals surface area contributed by atoms with Gasteiger partial charge >= 0.3 is 0 Å². The van der Waals surface area contributed by atoms with E-state index in [0.29, 0.717) is 16.8 Å². The second-order valence-electron chi connectivity index (χ2n) is 3.94. The number of fused-ring (bicyclic) bond motifs is 1. The molecule has 96 valence electrons. The lowest BCUT2D eigenvalue weighted by molar-refractivity contribution is 0.510. The van der Waals surface area contributed by atoms with E-state index in [1.54, 1.807) is 18.2 Å². The van der Waals surface area contributed by atoms with Gasteiger partial charge in [-0.15, -0.1) is 0 Å². The monoisotopic (exact) mass is 261 g/mol. The van der Waals surface area contributed by atoms with Crippen LogP contribution in [-0.4, -0.2) is 4.98 Å². The number of hydrogen-bond donors (Lipinski definition) is 2. The van der Waals surface area contributed by atoms with E-state index in [0.717, 1.165) is 6.07 Å². The minimum Gasteiger partial charge on any atom is -0.423 e. The van der Waals surface area contributed by atoms with Gasteiger partial charge in [0.1, 0.15) is 5.52 Å². The summed E-state index contributed by atoms with van der Waals surface area (Å²) in [5, 5.41) is 2.58. The molecule has 0 bridgehead atoms. The molecule has 1 heterocycles. The van der Waals surface area contributed by atoms with Crippen LogP contribution in [0.1, 0.15) is 0 Å². The summed E-state index contributed by atoms with van der Waals surface area (Å²) in [7, 11) is 0. The number of anilines is 3. The number of halogens is 2. The quantitative estimate of drug-likeness (QED) is 0.694. The molecule has 3 N–H and O–H groups in total. The molecule has 0 unspecified atom stereocenters. The molecule has 3 aromatic rings. The Hall–Kier alpha value is -2.63. The largest absolute Gasteiger partial charge is 0.423 e. The molecule has 0 saturated heterocycles. The number of oxazole rings is 1. The highest BCUT2D eigenvalue weighted by atomic mass is 19.2. The van der Waals surface area contributed by atoms with Gasteiger partial charge in [-0.05, 0) is 24.3 Å². The van der Waals surface area contributed by atoms with Gasteiger partial charge in [0.25, 0.3) is 6.01 Å². The van der Waals surface area contributed by atoms with E-state index >= 15 is 0 Å². The Labute approximate surface area is 106 Å². The predicted octanol–water partition coefficient (Wildman–Crippen LogP) is 3.43. The number of benzene rings is 2. The van der Waals surface area contributed by atoms with Crippen LogP contribution in [0.2, 0.25) is 0 Å². The fourth-order valence-electron chi connectivity index (χ4n) is 1.74. The summed E-state index contributed by atoms with van der Waals surface area (Å²) < 4.78 is 31.9. The Kier molecular flexibility index (Phi) is 2.56. The third-order valence-electron chi connectivity index (χ3n) is 2.64. The summed E-state index contributed by atoms with van der Waals surface area (Å²) in [5.74, 6) is -1.93.